The van der Waals surface area contributed by atoms with Gasteiger partial charge in [0.15, 0.2) is 0 Å². The number of nitrogens with one attached hydrogen (secondary N) is 2. The number of halogens is 4. The number of hydrogen-bond donors (Lipinski definition) is 3. The Bertz CT molecular complexity index is 1410. The number of nitrogens with zero attached hydrogens (tertiary/aromatic N) is 2. The minimum Gasteiger partial charge on any atom is -0.333 e. The van der Waals surface area contributed by atoms with Crippen molar-refractivity contribution in [2.45, 2.75) is 51.0 Å². The first-order valence-electron chi connectivity index (χ1n) is 13.8. The Morgan fingerprint density at radius 3 is 2.59 bits per heavy atom. The first-order chi connectivity index (χ1) is 19.7. The average molecular weight is 568 g/mol. The Hall–Kier alpha value is -3.76. The molecule has 0 saturated heterocycles. The number of carbonyl (C=O) groups is 1. The molecular formula is C31H33F4N5O. The molecule has 1 aliphatic heterocycles. The highest BCUT2D eigenvalue weighted by Gasteiger charge is 2.50. The number of hydrogen-bond acceptors (Lipinski definition) is 5. The van der Waals surface area contributed by atoms with E-state index >= 15 is 4.39 Å². The molecule has 216 valence electrons. The van der Waals surface area contributed by atoms with Crippen LogP contribution < -0.4 is 21.3 Å². The molecule has 3 atom stereocenters. The maximum atomic E-state index is 15.1. The van der Waals surface area contributed by atoms with Crippen LogP contribution >= 0.6 is 0 Å². The molecule has 2 heterocycles. The van der Waals surface area contributed by atoms with Gasteiger partial charge in [0.2, 0.25) is 0 Å². The van der Waals surface area contributed by atoms with Crippen molar-refractivity contribution in [2.24, 2.45) is 17.6 Å². The van der Waals surface area contributed by atoms with E-state index in [1.165, 1.54) is 17.0 Å². The zero-order chi connectivity index (χ0) is 29.1. The summed E-state index contributed by atoms with van der Waals surface area (Å²) in [6.07, 6.45) is 0.464. The molecule has 5 rings (SSSR count). The number of anilines is 2. The highest BCUT2D eigenvalue weighted by molar-refractivity contribution is 6.07. The summed E-state index contributed by atoms with van der Waals surface area (Å²) in [7, 11) is 0. The lowest BCUT2D eigenvalue weighted by atomic mass is 9.98. The highest BCUT2D eigenvalue weighted by Crippen LogP contribution is 2.43. The molecular weight excluding hydrogens is 534 g/mol. The van der Waals surface area contributed by atoms with Gasteiger partial charge < -0.3 is 21.3 Å². The minimum absolute atomic E-state index is 0.123. The van der Waals surface area contributed by atoms with Gasteiger partial charge in [-0.25, -0.2) is 4.39 Å². The molecule has 1 saturated carbocycles. The van der Waals surface area contributed by atoms with Crippen LogP contribution in [0.2, 0.25) is 0 Å². The predicted molar refractivity (Wildman–Crippen MR) is 150 cm³/mol. The number of rotatable bonds is 10. The van der Waals surface area contributed by atoms with E-state index in [1.807, 2.05) is 12.1 Å². The number of aromatic nitrogens is 1. The number of pyridine rings is 1. The average Bonchev–Trinajstić information content (AvgIpc) is 3.71. The first kappa shape index (κ1) is 28.8. The molecule has 0 radical (unpaired) electrons. The van der Waals surface area contributed by atoms with Crippen LogP contribution in [0.3, 0.4) is 0 Å². The zero-order valence-electron chi connectivity index (χ0n) is 22.7. The molecule has 3 unspecified atom stereocenters. The van der Waals surface area contributed by atoms with Gasteiger partial charge in [-0.3, -0.25) is 9.78 Å². The van der Waals surface area contributed by atoms with Crippen molar-refractivity contribution in [1.82, 2.24) is 10.3 Å². The minimum atomic E-state index is -4.57. The van der Waals surface area contributed by atoms with E-state index in [4.69, 9.17) is 5.73 Å². The normalized spacial score (nSPS) is 19.7. The van der Waals surface area contributed by atoms with Crippen LogP contribution in [0.1, 0.15) is 49.0 Å². The fraction of sp³-hybridized carbons (Fsp3) is 0.355. The summed E-state index contributed by atoms with van der Waals surface area (Å²) < 4.78 is 57.4. The van der Waals surface area contributed by atoms with Crippen LogP contribution in [0, 0.1) is 17.7 Å². The summed E-state index contributed by atoms with van der Waals surface area (Å²) in [5.74, 6) is -2.82. The summed E-state index contributed by atoms with van der Waals surface area (Å²) in [4.78, 5) is 19.5. The van der Waals surface area contributed by atoms with Crippen LogP contribution in [0.4, 0.5) is 28.9 Å². The summed E-state index contributed by atoms with van der Waals surface area (Å²) >= 11 is 0. The Morgan fingerprint density at radius 1 is 1.12 bits per heavy atom. The van der Waals surface area contributed by atoms with Crippen molar-refractivity contribution in [3.05, 3.63) is 101 Å². The lowest BCUT2D eigenvalue weighted by Gasteiger charge is -2.32. The molecule has 6 nitrogen and oxygen atoms in total. The fourth-order valence-electron chi connectivity index (χ4n) is 5.35. The maximum Gasteiger partial charge on any atom is 0.397 e. The van der Waals surface area contributed by atoms with Gasteiger partial charge in [0, 0.05) is 24.5 Å². The molecule has 0 spiro atoms. The lowest BCUT2D eigenvalue weighted by Crippen LogP contribution is -2.41. The Kier molecular flexibility index (Phi) is 8.42. The van der Waals surface area contributed by atoms with Gasteiger partial charge in [-0.1, -0.05) is 31.2 Å². The standard InChI is InChI=1S/C31H33F4N5O/c1-2-27-23(31(33,34)35)16-28(40(27)22-7-5-6-20(14-22)17-36)30(41)39-26-15-21(11-12-24(26)32)29(38-18-19-9-10-19)25-8-3-4-13-37-25/h3-8,11-16,19,23,27,29,38H,2,9-10,17-18,36H2,1H3,(H,39,41). The van der Waals surface area contributed by atoms with E-state index in [0.717, 1.165) is 31.2 Å². The van der Waals surface area contributed by atoms with Gasteiger partial charge in [0.05, 0.1) is 23.3 Å². The third-order valence-corrected chi connectivity index (χ3v) is 7.66. The number of nitrogens with two attached hydrogens (primary N) is 1. The van der Waals surface area contributed by atoms with Crippen molar-refractivity contribution in [3.8, 4) is 0 Å². The van der Waals surface area contributed by atoms with Gasteiger partial charge in [-0.15, -0.1) is 0 Å². The molecule has 1 fully saturated rings. The second-order valence-corrected chi connectivity index (χ2v) is 10.6. The van der Waals surface area contributed by atoms with E-state index in [9.17, 15) is 18.0 Å². The van der Waals surface area contributed by atoms with Gasteiger partial charge in [0.1, 0.15) is 11.5 Å². The molecule has 3 aromatic rings. The summed E-state index contributed by atoms with van der Waals surface area (Å²) in [5, 5.41) is 6.05. The van der Waals surface area contributed by atoms with Crippen LogP contribution in [-0.2, 0) is 11.3 Å². The van der Waals surface area contributed by atoms with Crippen molar-refractivity contribution in [3.63, 3.8) is 0 Å². The second kappa shape index (κ2) is 12.0. The SMILES string of the molecule is CCC1C(C(F)(F)F)C=C(C(=O)Nc2cc(C(NCC3CC3)c3ccccn3)ccc2F)N1c1cccc(CN)c1. The van der Waals surface area contributed by atoms with Crippen molar-refractivity contribution < 1.29 is 22.4 Å². The molecule has 41 heavy (non-hydrogen) atoms. The Morgan fingerprint density at radius 2 is 1.93 bits per heavy atom. The molecule has 1 amide bonds. The third kappa shape index (κ3) is 6.44. The Labute approximate surface area is 236 Å². The number of amides is 1. The fourth-order valence-corrected chi connectivity index (χ4v) is 5.35. The Balaban J connectivity index is 1.47. The number of alkyl halides is 3. The third-order valence-electron chi connectivity index (χ3n) is 7.66. The van der Waals surface area contributed by atoms with Gasteiger partial charge in [0.25, 0.3) is 5.91 Å². The molecule has 2 aliphatic rings. The quantitative estimate of drug-likeness (QED) is 0.259. The lowest BCUT2D eigenvalue weighted by molar-refractivity contribution is -0.164. The smallest absolute Gasteiger partial charge is 0.333 e. The van der Waals surface area contributed by atoms with E-state index in [2.05, 4.69) is 15.6 Å². The molecule has 2 aromatic carbocycles. The predicted octanol–water partition coefficient (Wildman–Crippen LogP) is 6.07. The highest BCUT2D eigenvalue weighted by atomic mass is 19.4. The summed E-state index contributed by atoms with van der Waals surface area (Å²) in [6, 6.07) is 15.3. The number of benzene rings is 2. The van der Waals surface area contributed by atoms with Crippen molar-refractivity contribution >= 4 is 17.3 Å². The van der Waals surface area contributed by atoms with Gasteiger partial charge >= 0.3 is 6.18 Å². The zero-order valence-corrected chi connectivity index (χ0v) is 22.7. The largest absolute Gasteiger partial charge is 0.397 e. The van der Waals surface area contributed by atoms with Gasteiger partial charge in [-0.2, -0.15) is 13.2 Å². The van der Waals surface area contributed by atoms with E-state index in [-0.39, 0.29) is 30.4 Å². The second-order valence-electron chi connectivity index (χ2n) is 10.6. The molecule has 1 aromatic heterocycles. The van der Waals surface area contributed by atoms with Gasteiger partial charge in [-0.05, 0) is 85.3 Å². The topological polar surface area (TPSA) is 83.3 Å². The molecule has 0 bridgehead atoms. The summed E-state index contributed by atoms with van der Waals surface area (Å²) in [5.41, 5.74) is 8.00. The number of carbonyl (C=O) groups excluding carboxylic acids is 1. The van der Waals surface area contributed by atoms with E-state index < -0.39 is 29.9 Å². The van der Waals surface area contributed by atoms with Crippen molar-refractivity contribution in [2.75, 3.05) is 16.8 Å². The summed E-state index contributed by atoms with van der Waals surface area (Å²) in [6.45, 7) is 2.60. The van der Waals surface area contributed by atoms with E-state index in [0.29, 0.717) is 22.7 Å². The van der Waals surface area contributed by atoms with Crippen LogP contribution in [0.5, 0.6) is 0 Å². The van der Waals surface area contributed by atoms with Crippen LogP contribution in [0.15, 0.2) is 78.6 Å². The first-order valence-corrected chi connectivity index (χ1v) is 13.8. The monoisotopic (exact) mass is 567 g/mol. The van der Waals surface area contributed by atoms with E-state index in [1.54, 1.807) is 49.5 Å². The maximum absolute atomic E-state index is 15.1. The van der Waals surface area contributed by atoms with Crippen LogP contribution in [0.25, 0.3) is 0 Å². The molecule has 4 N–H and O–H groups in total. The molecule has 1 aliphatic carbocycles. The van der Waals surface area contributed by atoms with Crippen molar-refractivity contribution in [1.29, 1.82) is 0 Å². The molecule has 10 heteroatoms. The van der Waals surface area contributed by atoms with Crippen LogP contribution in [-0.4, -0.2) is 29.7 Å².